The molecule has 0 saturated heterocycles. The molecule has 0 fully saturated rings. The van der Waals surface area contributed by atoms with Crippen LogP contribution >= 0.6 is 0 Å². The highest BCUT2D eigenvalue weighted by Crippen LogP contribution is 2.20. The average Bonchev–Trinajstić information content (AvgIpc) is 3.12. The van der Waals surface area contributed by atoms with Crippen molar-refractivity contribution in [2.24, 2.45) is 5.10 Å². The SMILES string of the molecule is CC1=N[N+](c2ccccc2)=CC1NC(=O)c1cccc2nc3ccccc3nc12. The van der Waals surface area contributed by atoms with E-state index in [0.717, 1.165) is 22.4 Å². The highest BCUT2D eigenvalue weighted by molar-refractivity contribution is 6.11. The number of carbonyl (C=O) groups excluding carboxylic acids is 1. The molecule has 5 rings (SSSR count). The van der Waals surface area contributed by atoms with Crippen LogP contribution in [0.25, 0.3) is 22.1 Å². The highest BCUT2D eigenvalue weighted by Gasteiger charge is 2.28. The van der Waals surface area contributed by atoms with E-state index in [-0.39, 0.29) is 11.9 Å². The maximum absolute atomic E-state index is 13.1. The highest BCUT2D eigenvalue weighted by atomic mass is 16.1. The van der Waals surface area contributed by atoms with Crippen molar-refractivity contribution < 1.29 is 9.48 Å². The Morgan fingerprint density at radius 1 is 0.862 bits per heavy atom. The number of benzene rings is 3. The molecule has 3 aromatic carbocycles. The normalized spacial score (nSPS) is 16.0. The maximum Gasteiger partial charge on any atom is 0.254 e. The van der Waals surface area contributed by atoms with Gasteiger partial charge >= 0.3 is 0 Å². The molecule has 1 unspecified atom stereocenters. The first-order valence-corrected chi connectivity index (χ1v) is 9.40. The lowest BCUT2D eigenvalue weighted by atomic mass is 10.1. The molecule has 0 aliphatic carbocycles. The van der Waals surface area contributed by atoms with E-state index >= 15 is 0 Å². The topological polar surface area (TPSA) is 70.2 Å². The van der Waals surface area contributed by atoms with Crippen molar-refractivity contribution >= 4 is 45.6 Å². The largest absolute Gasteiger partial charge is 0.335 e. The number of rotatable bonds is 3. The molecule has 1 N–H and O–H groups in total. The van der Waals surface area contributed by atoms with E-state index in [1.54, 1.807) is 10.8 Å². The summed E-state index contributed by atoms with van der Waals surface area (Å²) in [5.74, 6) is -0.203. The Bertz CT molecular complexity index is 1310. The average molecular weight is 380 g/mol. The van der Waals surface area contributed by atoms with Gasteiger partial charge < -0.3 is 5.32 Å². The van der Waals surface area contributed by atoms with Crippen LogP contribution in [-0.2, 0) is 0 Å². The van der Waals surface area contributed by atoms with Crippen molar-refractivity contribution in [3.05, 3.63) is 78.4 Å². The van der Waals surface area contributed by atoms with Gasteiger partial charge in [-0.3, -0.25) is 4.79 Å². The Hall–Kier alpha value is -3.93. The summed E-state index contributed by atoms with van der Waals surface area (Å²) >= 11 is 0. The number of carbonyl (C=O) groups is 1. The first-order valence-electron chi connectivity index (χ1n) is 9.40. The quantitative estimate of drug-likeness (QED) is 0.435. The zero-order chi connectivity index (χ0) is 19.8. The summed E-state index contributed by atoms with van der Waals surface area (Å²) in [5, 5.41) is 7.59. The summed E-state index contributed by atoms with van der Waals surface area (Å²) in [6.07, 6.45) is 1.90. The second-order valence-corrected chi connectivity index (χ2v) is 6.91. The van der Waals surface area contributed by atoms with Gasteiger partial charge in [0, 0.05) is 12.1 Å². The predicted octanol–water partition coefficient (Wildman–Crippen LogP) is 3.69. The molecule has 1 aromatic heterocycles. The molecule has 0 spiro atoms. The molecular weight excluding hydrogens is 362 g/mol. The number of fused-ring (bicyclic) bond motifs is 2. The van der Waals surface area contributed by atoms with Gasteiger partial charge in [0.2, 0.25) is 11.9 Å². The first-order chi connectivity index (χ1) is 14.2. The molecule has 2 heterocycles. The van der Waals surface area contributed by atoms with E-state index in [9.17, 15) is 4.79 Å². The molecule has 1 amide bonds. The van der Waals surface area contributed by atoms with Gasteiger partial charge in [-0.2, -0.15) is 0 Å². The molecule has 0 bridgehead atoms. The van der Waals surface area contributed by atoms with Crippen LogP contribution in [-0.4, -0.2) is 38.5 Å². The minimum absolute atomic E-state index is 0.203. The molecule has 1 aliphatic rings. The van der Waals surface area contributed by atoms with E-state index in [1.165, 1.54) is 0 Å². The lowest BCUT2D eigenvalue weighted by Gasteiger charge is -2.10. The third kappa shape index (κ3) is 3.14. The van der Waals surface area contributed by atoms with E-state index < -0.39 is 0 Å². The van der Waals surface area contributed by atoms with Crippen LogP contribution < -0.4 is 5.32 Å². The van der Waals surface area contributed by atoms with E-state index in [0.29, 0.717) is 16.6 Å². The monoisotopic (exact) mass is 380 g/mol. The third-order valence-corrected chi connectivity index (χ3v) is 4.93. The number of aromatic nitrogens is 2. The molecule has 1 aliphatic heterocycles. The van der Waals surface area contributed by atoms with Gasteiger partial charge in [0.25, 0.3) is 5.91 Å². The molecule has 0 radical (unpaired) electrons. The van der Waals surface area contributed by atoms with Crippen molar-refractivity contribution in [1.29, 1.82) is 0 Å². The van der Waals surface area contributed by atoms with E-state index in [4.69, 9.17) is 0 Å². The molecule has 6 nitrogen and oxygen atoms in total. The Kier molecular flexibility index (Phi) is 4.09. The third-order valence-electron chi connectivity index (χ3n) is 4.93. The number of amides is 1. The predicted molar refractivity (Wildman–Crippen MR) is 114 cm³/mol. The van der Waals surface area contributed by atoms with Crippen molar-refractivity contribution in [2.45, 2.75) is 13.0 Å². The van der Waals surface area contributed by atoms with Crippen molar-refractivity contribution in [3.63, 3.8) is 0 Å². The van der Waals surface area contributed by atoms with Gasteiger partial charge in [0.1, 0.15) is 11.2 Å². The number of nitrogens with one attached hydrogen (secondary N) is 1. The minimum Gasteiger partial charge on any atom is -0.335 e. The van der Waals surface area contributed by atoms with Crippen LogP contribution in [0.1, 0.15) is 17.3 Å². The van der Waals surface area contributed by atoms with Gasteiger partial charge in [-0.05, 0) is 36.3 Å². The van der Waals surface area contributed by atoms with Crippen molar-refractivity contribution in [3.8, 4) is 0 Å². The van der Waals surface area contributed by atoms with Crippen molar-refractivity contribution in [1.82, 2.24) is 15.3 Å². The fourth-order valence-electron chi connectivity index (χ4n) is 3.43. The Morgan fingerprint density at radius 2 is 1.55 bits per heavy atom. The van der Waals surface area contributed by atoms with Crippen LogP contribution in [0.2, 0.25) is 0 Å². The fraction of sp³-hybridized carbons (Fsp3) is 0.0870. The Labute approximate surface area is 167 Å². The van der Waals surface area contributed by atoms with Crippen LogP contribution in [0.5, 0.6) is 0 Å². The number of hydrazone groups is 1. The standard InChI is InChI=1S/C23H17N5O/c1-15-21(14-28(27-15)16-8-3-2-4-9-16)26-23(29)17-10-7-13-20-22(17)25-19-12-6-5-11-18(19)24-20/h2-14,21H,1H3/p+1. The molecular formula is C23H18N5O+. The number of nitrogens with zero attached hydrogens (tertiary/aromatic N) is 4. The minimum atomic E-state index is -0.286. The smallest absolute Gasteiger partial charge is 0.254 e. The Balaban J connectivity index is 1.48. The van der Waals surface area contributed by atoms with Gasteiger partial charge in [0.15, 0.2) is 6.04 Å². The van der Waals surface area contributed by atoms with Gasteiger partial charge in [-0.1, -0.05) is 41.1 Å². The molecule has 29 heavy (non-hydrogen) atoms. The lowest BCUT2D eigenvalue weighted by molar-refractivity contribution is -0.437. The molecule has 6 heteroatoms. The van der Waals surface area contributed by atoms with Crippen LogP contribution in [0.15, 0.2) is 77.9 Å². The molecule has 140 valence electrons. The zero-order valence-electron chi connectivity index (χ0n) is 15.8. The Morgan fingerprint density at radius 3 is 2.34 bits per heavy atom. The molecule has 0 saturated carbocycles. The van der Waals surface area contributed by atoms with Crippen LogP contribution in [0, 0.1) is 0 Å². The summed E-state index contributed by atoms with van der Waals surface area (Å²) in [5.41, 5.74) is 5.13. The zero-order valence-corrected chi connectivity index (χ0v) is 15.8. The summed E-state index contributed by atoms with van der Waals surface area (Å²) in [4.78, 5) is 22.4. The lowest BCUT2D eigenvalue weighted by Crippen LogP contribution is -2.39. The summed E-state index contributed by atoms with van der Waals surface area (Å²) in [6.45, 7) is 1.90. The summed E-state index contributed by atoms with van der Waals surface area (Å²) in [6, 6.07) is 22.7. The summed E-state index contributed by atoms with van der Waals surface area (Å²) in [7, 11) is 0. The first kappa shape index (κ1) is 17.2. The number of hydrogen-bond acceptors (Lipinski definition) is 4. The van der Waals surface area contributed by atoms with Gasteiger partial charge in [-0.15, -0.1) is 0 Å². The summed E-state index contributed by atoms with van der Waals surface area (Å²) < 4.78 is 1.79. The second kappa shape index (κ2) is 6.91. The molecule has 4 aromatic rings. The second-order valence-electron chi connectivity index (χ2n) is 6.91. The number of para-hydroxylation sites is 4. The van der Waals surface area contributed by atoms with Crippen LogP contribution in [0.4, 0.5) is 5.69 Å². The van der Waals surface area contributed by atoms with Crippen molar-refractivity contribution in [2.75, 3.05) is 0 Å². The number of hydrogen-bond donors (Lipinski definition) is 1. The fourth-order valence-corrected chi connectivity index (χ4v) is 3.43. The van der Waals surface area contributed by atoms with Gasteiger partial charge in [0.05, 0.1) is 22.1 Å². The molecule has 1 atom stereocenters. The maximum atomic E-state index is 13.1. The van der Waals surface area contributed by atoms with Crippen LogP contribution in [0.3, 0.4) is 0 Å². The van der Waals surface area contributed by atoms with E-state index in [1.807, 2.05) is 79.9 Å². The van der Waals surface area contributed by atoms with Gasteiger partial charge in [-0.25, -0.2) is 9.97 Å². The van der Waals surface area contributed by atoms with E-state index in [2.05, 4.69) is 20.4 Å².